The number of nitrogens with zero attached hydrogens (tertiary/aromatic N) is 5. The van der Waals surface area contributed by atoms with Gasteiger partial charge in [0.1, 0.15) is 12.2 Å². The number of benzene rings is 1. The van der Waals surface area contributed by atoms with E-state index in [0.717, 1.165) is 29.0 Å². The lowest BCUT2D eigenvalue weighted by molar-refractivity contribution is -0.0611. The normalized spacial score (nSPS) is 15.7. The number of ether oxygens (including phenoxy) is 1. The van der Waals surface area contributed by atoms with E-state index in [2.05, 4.69) is 22.3 Å². The summed E-state index contributed by atoms with van der Waals surface area (Å²) in [6, 6.07) is 13.9. The van der Waals surface area contributed by atoms with Gasteiger partial charge in [0.25, 0.3) is 0 Å². The average Bonchev–Trinajstić information content (AvgIpc) is 3.22. The van der Waals surface area contributed by atoms with Gasteiger partial charge in [-0.25, -0.2) is 4.79 Å². The van der Waals surface area contributed by atoms with Gasteiger partial charge in [-0.2, -0.15) is 0 Å². The summed E-state index contributed by atoms with van der Waals surface area (Å²) in [6.45, 7) is 1.27. The number of hydrogen-bond donors (Lipinski definition) is 0. The monoisotopic (exact) mass is 361 g/mol. The van der Waals surface area contributed by atoms with Crippen LogP contribution in [0.2, 0.25) is 0 Å². The van der Waals surface area contributed by atoms with Gasteiger partial charge in [0.2, 0.25) is 0 Å². The van der Waals surface area contributed by atoms with Gasteiger partial charge in [-0.15, -0.1) is 10.2 Å². The summed E-state index contributed by atoms with van der Waals surface area (Å²) < 4.78 is 10.8. The molecule has 27 heavy (non-hydrogen) atoms. The topological polar surface area (TPSA) is 66.3 Å². The minimum atomic E-state index is -0.139. The molecule has 0 N–H and O–H groups in total. The lowest BCUT2D eigenvalue weighted by atomic mass is 9.75. The standard InChI is InChI=1S/C20H19N5O2/c1-23-14-21-22-18(23)10-20(12-27-13-20)15-5-4-7-16(9-15)25-11-17-6-2-3-8-24(17)19(25)26/h2-9,11,14H,10,12-13H2,1H3. The van der Waals surface area contributed by atoms with Crippen LogP contribution in [0.5, 0.6) is 0 Å². The van der Waals surface area contributed by atoms with E-state index in [-0.39, 0.29) is 11.1 Å². The van der Waals surface area contributed by atoms with Crippen LogP contribution >= 0.6 is 0 Å². The number of aryl methyl sites for hydroxylation is 1. The van der Waals surface area contributed by atoms with Crippen molar-refractivity contribution in [3.8, 4) is 5.69 Å². The summed E-state index contributed by atoms with van der Waals surface area (Å²) in [4.78, 5) is 12.8. The first-order chi connectivity index (χ1) is 13.2. The summed E-state index contributed by atoms with van der Waals surface area (Å²) >= 11 is 0. The van der Waals surface area contributed by atoms with Crippen molar-refractivity contribution >= 4 is 5.52 Å². The second-order valence-electron chi connectivity index (χ2n) is 7.14. The van der Waals surface area contributed by atoms with Crippen LogP contribution in [0.3, 0.4) is 0 Å². The van der Waals surface area contributed by atoms with Gasteiger partial charge in [-0.05, 0) is 29.8 Å². The Kier molecular flexibility index (Phi) is 3.51. The van der Waals surface area contributed by atoms with Crippen LogP contribution in [0.15, 0.2) is 66.0 Å². The van der Waals surface area contributed by atoms with Crippen LogP contribution in [0.25, 0.3) is 11.2 Å². The molecule has 3 aromatic heterocycles. The van der Waals surface area contributed by atoms with Crippen LogP contribution < -0.4 is 5.69 Å². The van der Waals surface area contributed by atoms with Crippen molar-refractivity contribution in [2.75, 3.05) is 13.2 Å². The lowest BCUT2D eigenvalue weighted by Crippen LogP contribution is -2.49. The zero-order valence-electron chi connectivity index (χ0n) is 14.9. The third kappa shape index (κ3) is 2.50. The summed E-state index contributed by atoms with van der Waals surface area (Å²) in [5, 5.41) is 8.21. The molecule has 1 aliphatic rings. The van der Waals surface area contributed by atoms with Crippen molar-refractivity contribution < 1.29 is 4.74 Å². The summed E-state index contributed by atoms with van der Waals surface area (Å²) in [7, 11) is 1.95. The zero-order chi connectivity index (χ0) is 18.4. The molecule has 7 nitrogen and oxygen atoms in total. The number of hydrogen-bond acceptors (Lipinski definition) is 4. The molecule has 1 aliphatic heterocycles. The van der Waals surface area contributed by atoms with Gasteiger partial charge in [0, 0.05) is 31.3 Å². The first-order valence-electron chi connectivity index (χ1n) is 8.87. The van der Waals surface area contributed by atoms with Crippen LogP contribution in [0, 0.1) is 0 Å². The molecule has 0 atom stereocenters. The molecule has 1 fully saturated rings. The summed E-state index contributed by atoms with van der Waals surface area (Å²) in [5.74, 6) is 0.926. The highest BCUT2D eigenvalue weighted by atomic mass is 16.5. The summed E-state index contributed by atoms with van der Waals surface area (Å²) in [6.07, 6.45) is 6.12. The van der Waals surface area contributed by atoms with Crippen LogP contribution in [0.1, 0.15) is 11.4 Å². The highest BCUT2D eigenvalue weighted by Crippen LogP contribution is 2.36. The van der Waals surface area contributed by atoms with Gasteiger partial charge in [-0.3, -0.25) is 8.97 Å². The molecule has 0 spiro atoms. The predicted octanol–water partition coefficient (Wildman–Crippen LogP) is 1.73. The first-order valence-corrected chi connectivity index (χ1v) is 8.87. The molecule has 0 amide bonds. The maximum atomic E-state index is 12.8. The number of rotatable bonds is 4. The number of imidazole rings is 1. The van der Waals surface area contributed by atoms with Crippen LogP contribution in [-0.4, -0.2) is 36.9 Å². The van der Waals surface area contributed by atoms with E-state index in [9.17, 15) is 4.79 Å². The van der Waals surface area contributed by atoms with Crippen molar-refractivity contribution in [1.29, 1.82) is 0 Å². The SMILES string of the molecule is Cn1cnnc1CC1(c2cccc(-n3cc4ccccn4c3=O)c2)COC1. The van der Waals surface area contributed by atoms with Gasteiger partial charge in [-0.1, -0.05) is 18.2 Å². The number of aromatic nitrogens is 5. The van der Waals surface area contributed by atoms with Crippen LogP contribution in [0.4, 0.5) is 0 Å². The molecule has 0 bridgehead atoms. The molecule has 0 radical (unpaired) electrons. The minimum Gasteiger partial charge on any atom is -0.379 e. The molecule has 0 saturated carbocycles. The average molecular weight is 361 g/mol. The minimum absolute atomic E-state index is 0.0741. The fourth-order valence-electron chi connectivity index (χ4n) is 3.70. The third-order valence-corrected chi connectivity index (χ3v) is 5.36. The lowest BCUT2D eigenvalue weighted by Gasteiger charge is -2.41. The maximum Gasteiger partial charge on any atom is 0.337 e. The van der Waals surface area contributed by atoms with E-state index in [4.69, 9.17) is 4.74 Å². The van der Waals surface area contributed by atoms with Crippen LogP contribution in [-0.2, 0) is 23.6 Å². The highest BCUT2D eigenvalue weighted by molar-refractivity contribution is 5.49. The van der Waals surface area contributed by atoms with Gasteiger partial charge < -0.3 is 9.30 Å². The maximum absolute atomic E-state index is 12.8. The molecule has 7 heteroatoms. The predicted molar refractivity (Wildman–Crippen MR) is 100 cm³/mol. The molecular formula is C20H19N5O2. The number of fused-ring (bicyclic) bond motifs is 1. The van der Waals surface area contributed by atoms with Crippen molar-refractivity contribution in [1.82, 2.24) is 23.7 Å². The molecule has 0 unspecified atom stereocenters. The molecular weight excluding hydrogens is 342 g/mol. The van der Waals surface area contributed by atoms with E-state index in [1.165, 1.54) is 0 Å². The molecule has 5 rings (SSSR count). The Balaban J connectivity index is 1.57. The number of pyridine rings is 1. The van der Waals surface area contributed by atoms with Crippen molar-refractivity contribution in [2.24, 2.45) is 7.05 Å². The largest absolute Gasteiger partial charge is 0.379 e. The Labute approximate surface area is 155 Å². The Morgan fingerprint density at radius 3 is 2.78 bits per heavy atom. The Morgan fingerprint density at radius 1 is 1.19 bits per heavy atom. The quantitative estimate of drug-likeness (QED) is 0.555. The fourth-order valence-corrected chi connectivity index (χ4v) is 3.70. The molecule has 1 aromatic carbocycles. The van der Waals surface area contributed by atoms with E-state index in [0.29, 0.717) is 13.2 Å². The van der Waals surface area contributed by atoms with E-state index in [1.807, 2.05) is 48.1 Å². The van der Waals surface area contributed by atoms with Crippen molar-refractivity contribution in [3.63, 3.8) is 0 Å². The van der Waals surface area contributed by atoms with E-state index in [1.54, 1.807) is 21.5 Å². The molecule has 0 aliphatic carbocycles. The second-order valence-corrected chi connectivity index (χ2v) is 7.14. The Hall–Kier alpha value is -3.19. The molecule has 136 valence electrons. The van der Waals surface area contributed by atoms with Gasteiger partial charge in [0.05, 0.1) is 24.4 Å². The molecule has 4 heterocycles. The smallest absolute Gasteiger partial charge is 0.337 e. The first kappa shape index (κ1) is 16.0. The second kappa shape index (κ2) is 5.92. The van der Waals surface area contributed by atoms with Crippen molar-refractivity contribution in [2.45, 2.75) is 11.8 Å². The van der Waals surface area contributed by atoms with E-state index >= 15 is 0 Å². The highest BCUT2D eigenvalue weighted by Gasteiger charge is 2.41. The third-order valence-electron chi connectivity index (χ3n) is 5.36. The fraction of sp³-hybridized carbons (Fsp3) is 0.250. The Bertz CT molecular complexity index is 1180. The molecule has 4 aromatic rings. The van der Waals surface area contributed by atoms with Gasteiger partial charge in [0.15, 0.2) is 0 Å². The van der Waals surface area contributed by atoms with E-state index < -0.39 is 0 Å². The summed E-state index contributed by atoms with van der Waals surface area (Å²) in [5.41, 5.74) is 2.66. The van der Waals surface area contributed by atoms with Gasteiger partial charge >= 0.3 is 5.69 Å². The van der Waals surface area contributed by atoms with Crippen molar-refractivity contribution in [3.05, 3.63) is 83.1 Å². The molecule has 1 saturated heterocycles. The zero-order valence-corrected chi connectivity index (χ0v) is 14.9. The Morgan fingerprint density at radius 2 is 2.07 bits per heavy atom.